The Labute approximate surface area is 116 Å². The van der Waals surface area contributed by atoms with E-state index in [1.54, 1.807) is 0 Å². The second-order valence-corrected chi connectivity index (χ2v) is 4.97. The Morgan fingerprint density at radius 1 is 1.53 bits per heavy atom. The van der Waals surface area contributed by atoms with Crippen LogP contribution in [0.2, 0.25) is 0 Å². The average molecular weight is 269 g/mol. The SMILES string of the molecule is C/C=C(\C=C(/C)C(O)CCN)OCC1CCCCO1. The summed E-state index contributed by atoms with van der Waals surface area (Å²) >= 11 is 0. The Bertz CT molecular complexity index is 307. The second-order valence-electron chi connectivity index (χ2n) is 4.97. The molecule has 2 atom stereocenters. The van der Waals surface area contributed by atoms with Gasteiger partial charge in [0.1, 0.15) is 12.4 Å². The summed E-state index contributed by atoms with van der Waals surface area (Å²) in [5.41, 5.74) is 6.31. The molecule has 1 aliphatic heterocycles. The van der Waals surface area contributed by atoms with E-state index in [1.807, 2.05) is 26.0 Å². The highest BCUT2D eigenvalue weighted by Crippen LogP contribution is 2.16. The predicted molar refractivity (Wildman–Crippen MR) is 76.7 cm³/mol. The molecule has 0 saturated carbocycles. The fourth-order valence-corrected chi connectivity index (χ4v) is 2.04. The molecule has 1 fully saturated rings. The molecule has 0 bridgehead atoms. The Morgan fingerprint density at radius 2 is 2.32 bits per heavy atom. The van der Waals surface area contributed by atoms with Crippen LogP contribution in [0.25, 0.3) is 0 Å². The highest BCUT2D eigenvalue weighted by atomic mass is 16.5. The van der Waals surface area contributed by atoms with Gasteiger partial charge in [0.25, 0.3) is 0 Å². The number of hydrogen-bond acceptors (Lipinski definition) is 4. The minimum atomic E-state index is -0.491. The van der Waals surface area contributed by atoms with Crippen molar-refractivity contribution in [2.24, 2.45) is 5.73 Å². The minimum absolute atomic E-state index is 0.200. The largest absolute Gasteiger partial charge is 0.491 e. The molecule has 1 rings (SSSR count). The Morgan fingerprint density at radius 3 is 2.89 bits per heavy atom. The fourth-order valence-electron chi connectivity index (χ4n) is 2.04. The van der Waals surface area contributed by atoms with Gasteiger partial charge in [-0.3, -0.25) is 0 Å². The lowest BCUT2D eigenvalue weighted by Crippen LogP contribution is -2.24. The van der Waals surface area contributed by atoms with Crippen LogP contribution in [0, 0.1) is 0 Å². The number of rotatable bonds is 7. The van der Waals surface area contributed by atoms with Gasteiger partial charge in [0, 0.05) is 6.61 Å². The highest BCUT2D eigenvalue weighted by Gasteiger charge is 2.14. The van der Waals surface area contributed by atoms with Gasteiger partial charge in [0.15, 0.2) is 0 Å². The van der Waals surface area contributed by atoms with Gasteiger partial charge < -0.3 is 20.3 Å². The molecule has 0 aliphatic carbocycles. The zero-order chi connectivity index (χ0) is 14.1. The van der Waals surface area contributed by atoms with Crippen LogP contribution >= 0.6 is 0 Å². The lowest BCUT2D eigenvalue weighted by molar-refractivity contribution is -0.0243. The number of aliphatic hydroxyl groups is 1. The quantitative estimate of drug-likeness (QED) is 0.549. The molecule has 1 aliphatic rings. The van der Waals surface area contributed by atoms with Gasteiger partial charge in [-0.15, -0.1) is 0 Å². The van der Waals surface area contributed by atoms with Gasteiger partial charge in [-0.05, 0) is 63.8 Å². The summed E-state index contributed by atoms with van der Waals surface area (Å²) in [5, 5.41) is 9.82. The molecule has 0 aromatic rings. The first-order valence-electron chi connectivity index (χ1n) is 7.14. The zero-order valence-corrected chi connectivity index (χ0v) is 12.1. The van der Waals surface area contributed by atoms with Gasteiger partial charge in [0.05, 0.1) is 12.2 Å². The molecule has 0 amide bonds. The average Bonchev–Trinajstić information content (AvgIpc) is 2.44. The molecule has 0 spiro atoms. The summed E-state index contributed by atoms with van der Waals surface area (Å²) < 4.78 is 11.4. The number of allylic oxidation sites excluding steroid dienone is 2. The zero-order valence-electron chi connectivity index (χ0n) is 12.1. The number of ether oxygens (including phenoxy) is 2. The molecule has 19 heavy (non-hydrogen) atoms. The van der Waals surface area contributed by atoms with E-state index in [2.05, 4.69) is 0 Å². The highest BCUT2D eigenvalue weighted by molar-refractivity contribution is 5.19. The van der Waals surface area contributed by atoms with Crippen molar-refractivity contribution in [2.75, 3.05) is 19.8 Å². The normalized spacial score (nSPS) is 23.3. The minimum Gasteiger partial charge on any atom is -0.491 e. The summed E-state index contributed by atoms with van der Waals surface area (Å²) in [4.78, 5) is 0. The van der Waals surface area contributed by atoms with E-state index in [4.69, 9.17) is 15.2 Å². The van der Waals surface area contributed by atoms with Crippen LogP contribution < -0.4 is 5.73 Å². The van der Waals surface area contributed by atoms with Crippen molar-refractivity contribution < 1.29 is 14.6 Å². The molecule has 4 nitrogen and oxygen atoms in total. The van der Waals surface area contributed by atoms with Crippen LogP contribution in [0.5, 0.6) is 0 Å². The van der Waals surface area contributed by atoms with Crippen LogP contribution in [-0.4, -0.2) is 37.1 Å². The van der Waals surface area contributed by atoms with E-state index >= 15 is 0 Å². The molecular formula is C15H27NO3. The third-order valence-corrected chi connectivity index (χ3v) is 3.33. The molecule has 0 radical (unpaired) electrons. The fraction of sp³-hybridized carbons (Fsp3) is 0.733. The summed E-state index contributed by atoms with van der Waals surface area (Å²) in [6.45, 7) is 5.72. The number of nitrogens with two attached hydrogens (primary N) is 1. The van der Waals surface area contributed by atoms with Crippen molar-refractivity contribution in [1.29, 1.82) is 0 Å². The third-order valence-electron chi connectivity index (χ3n) is 3.33. The Hall–Kier alpha value is -0.840. The molecule has 2 unspecified atom stereocenters. The first-order chi connectivity index (χ1) is 9.17. The molecule has 0 aromatic heterocycles. The summed E-state index contributed by atoms with van der Waals surface area (Å²) in [7, 11) is 0. The summed E-state index contributed by atoms with van der Waals surface area (Å²) in [5.74, 6) is 0.780. The second kappa shape index (κ2) is 9.13. The molecule has 110 valence electrons. The van der Waals surface area contributed by atoms with Gasteiger partial charge >= 0.3 is 0 Å². The molecule has 3 N–H and O–H groups in total. The first kappa shape index (κ1) is 16.2. The van der Waals surface area contributed by atoms with Crippen molar-refractivity contribution in [3.63, 3.8) is 0 Å². The molecule has 4 heteroatoms. The Kier molecular flexibility index (Phi) is 7.79. The van der Waals surface area contributed by atoms with E-state index in [9.17, 15) is 5.11 Å². The van der Waals surface area contributed by atoms with Crippen molar-refractivity contribution in [1.82, 2.24) is 0 Å². The van der Waals surface area contributed by atoms with Crippen LogP contribution in [0.15, 0.2) is 23.5 Å². The molecule has 0 aromatic carbocycles. The standard InChI is InChI=1S/C15H27NO3/c1-3-13(10-12(2)15(17)7-8-16)19-11-14-6-4-5-9-18-14/h3,10,14-15,17H,4-9,11,16H2,1-2H3/b12-10+,13-3+. The maximum absolute atomic E-state index is 9.82. The smallest absolute Gasteiger partial charge is 0.115 e. The van der Waals surface area contributed by atoms with Gasteiger partial charge in [0.2, 0.25) is 0 Å². The van der Waals surface area contributed by atoms with E-state index in [1.165, 1.54) is 6.42 Å². The monoisotopic (exact) mass is 269 g/mol. The molecule has 1 saturated heterocycles. The van der Waals surface area contributed by atoms with Crippen molar-refractivity contribution >= 4 is 0 Å². The summed E-state index contributed by atoms with van der Waals surface area (Å²) in [6.07, 6.45) is 7.49. The van der Waals surface area contributed by atoms with Crippen LogP contribution in [-0.2, 0) is 9.47 Å². The van der Waals surface area contributed by atoms with Gasteiger partial charge in [-0.25, -0.2) is 0 Å². The summed E-state index contributed by atoms with van der Waals surface area (Å²) in [6, 6.07) is 0. The van der Waals surface area contributed by atoms with Crippen molar-refractivity contribution in [3.8, 4) is 0 Å². The van der Waals surface area contributed by atoms with Gasteiger partial charge in [-0.1, -0.05) is 0 Å². The van der Waals surface area contributed by atoms with Crippen LogP contribution in [0.1, 0.15) is 39.5 Å². The van der Waals surface area contributed by atoms with E-state index in [-0.39, 0.29) is 6.10 Å². The van der Waals surface area contributed by atoms with Crippen LogP contribution in [0.3, 0.4) is 0 Å². The van der Waals surface area contributed by atoms with E-state index < -0.39 is 6.10 Å². The molecular weight excluding hydrogens is 242 g/mol. The van der Waals surface area contributed by atoms with Gasteiger partial charge in [-0.2, -0.15) is 0 Å². The number of aliphatic hydroxyl groups excluding tert-OH is 1. The van der Waals surface area contributed by atoms with Crippen molar-refractivity contribution in [2.45, 2.75) is 51.7 Å². The Balaban J connectivity index is 2.42. The number of hydrogen-bond donors (Lipinski definition) is 2. The first-order valence-corrected chi connectivity index (χ1v) is 7.14. The van der Waals surface area contributed by atoms with E-state index in [0.29, 0.717) is 19.6 Å². The maximum Gasteiger partial charge on any atom is 0.115 e. The topological polar surface area (TPSA) is 64.7 Å². The maximum atomic E-state index is 9.82. The predicted octanol–water partition coefficient (Wildman–Crippen LogP) is 2.13. The van der Waals surface area contributed by atoms with Crippen molar-refractivity contribution in [3.05, 3.63) is 23.5 Å². The lowest BCUT2D eigenvalue weighted by Gasteiger charge is -2.23. The lowest BCUT2D eigenvalue weighted by atomic mass is 10.1. The van der Waals surface area contributed by atoms with Crippen LogP contribution in [0.4, 0.5) is 0 Å². The molecule has 1 heterocycles. The van der Waals surface area contributed by atoms with E-state index in [0.717, 1.165) is 30.8 Å². The third kappa shape index (κ3) is 6.23.